The molecule has 0 saturated carbocycles. The average Bonchev–Trinajstić information content (AvgIpc) is 3.33. The Morgan fingerprint density at radius 1 is 0.581 bits per heavy atom. The molecule has 2 atom stereocenters. The van der Waals surface area contributed by atoms with E-state index in [0.29, 0.717) is 50.9 Å². The molecule has 0 radical (unpaired) electrons. The molecule has 2 heterocycles. The van der Waals surface area contributed by atoms with Crippen molar-refractivity contribution in [3.8, 4) is 0 Å². The summed E-state index contributed by atoms with van der Waals surface area (Å²) in [5, 5.41) is 57.4. The predicted molar refractivity (Wildman–Crippen MR) is 266 cm³/mol. The van der Waals surface area contributed by atoms with Crippen molar-refractivity contribution in [1.82, 2.24) is 50.8 Å². The maximum absolute atomic E-state index is 13.9. The average molecular weight is 1040 g/mol. The number of hydrogen-bond acceptors (Lipinski definition) is 15. The van der Waals surface area contributed by atoms with Gasteiger partial charge in [0.2, 0.25) is 11.8 Å². The lowest BCUT2D eigenvalue weighted by molar-refractivity contribution is -0.140. The summed E-state index contributed by atoms with van der Waals surface area (Å²) in [6.45, 7) is 5.32. The highest BCUT2D eigenvalue weighted by Gasteiger charge is 2.25. The van der Waals surface area contributed by atoms with Crippen molar-refractivity contribution in [1.29, 1.82) is 0 Å². The number of aliphatic carboxylic acids is 5. The second kappa shape index (κ2) is 32.9. The number of carbonyl (C=O) groups excluding carboxylic acids is 5. The van der Waals surface area contributed by atoms with E-state index in [1.54, 1.807) is 50.1 Å². The fourth-order valence-electron chi connectivity index (χ4n) is 7.90. The summed E-state index contributed by atoms with van der Waals surface area (Å²) in [7, 11) is 0. The highest BCUT2D eigenvalue weighted by molar-refractivity contribution is 5.94. The van der Waals surface area contributed by atoms with Crippen LogP contribution in [0.15, 0.2) is 42.6 Å². The van der Waals surface area contributed by atoms with E-state index in [0.717, 1.165) is 16.8 Å². The predicted octanol–water partition coefficient (Wildman–Crippen LogP) is 0.156. The smallest absolute Gasteiger partial charge is 0.326 e. The Kier molecular flexibility index (Phi) is 27.2. The van der Waals surface area contributed by atoms with Crippen LogP contribution in [-0.4, -0.2) is 218 Å². The van der Waals surface area contributed by atoms with Gasteiger partial charge in [-0.2, -0.15) is 0 Å². The molecular formula is C49H72N10O15. The van der Waals surface area contributed by atoms with E-state index in [9.17, 15) is 68.4 Å². The minimum Gasteiger partial charge on any atom is -0.481 e. The van der Waals surface area contributed by atoms with Gasteiger partial charge in [0.15, 0.2) is 5.78 Å². The molecule has 5 amide bonds. The number of Topliss-reactive ketones (excluding diaryl/α,β-unsaturated/α-hetero) is 1. The summed E-state index contributed by atoms with van der Waals surface area (Å²) in [4.78, 5) is 134. The van der Waals surface area contributed by atoms with Crippen molar-refractivity contribution in [2.24, 2.45) is 0 Å². The molecule has 3 rings (SSSR count). The standard InChI is InChI=1S/C49H72N10O15/c1-34-9-10-37(28-51-34)29-59(18-6-4-7-40(48(72)73)54-49(74)53-39(35(2)60)15-16-43(63)64)47(71)38-13-11-36(12-14-38)27-52-41(61)8-3-5-17-50-42(62)30-55-19-21-56(31-44(65)66)23-25-58(33-46(69)70)26-24-57(22-20-55)32-45(67)68/h9-14,28,39-40H,3-8,15-27,29-33H2,1-2H3,(H,50,62)(H,52,61)(H,63,64)(H,65,66)(H,67,68)(H,69,70)(H,72,73)(H2,53,54,74)/t39-,40-/m1/s1. The van der Waals surface area contributed by atoms with Crippen LogP contribution in [0, 0.1) is 6.92 Å². The van der Waals surface area contributed by atoms with E-state index in [2.05, 4.69) is 26.3 Å². The molecule has 0 aliphatic carbocycles. The highest BCUT2D eigenvalue weighted by Crippen LogP contribution is 2.15. The molecule has 0 unspecified atom stereocenters. The number of aryl methyl sites for hydroxylation is 1. The Balaban J connectivity index is 1.48. The first-order chi connectivity index (χ1) is 35.2. The SMILES string of the molecule is CC(=O)[C@@H](CCC(=O)O)NC(=O)N[C@H](CCCCN(Cc1ccc(C)nc1)C(=O)c1ccc(CNC(=O)CCCCNC(=O)CN2CCN(CC(=O)O)CCN(CC(=O)O)CCN(CC(=O)O)CC2)cc1)C(=O)O. The van der Waals surface area contributed by atoms with Crippen LogP contribution >= 0.6 is 0 Å². The van der Waals surface area contributed by atoms with Crippen molar-refractivity contribution >= 4 is 59.4 Å². The van der Waals surface area contributed by atoms with E-state index in [1.807, 2.05) is 24.0 Å². The van der Waals surface area contributed by atoms with Gasteiger partial charge in [-0.05, 0) is 81.7 Å². The Hall–Kier alpha value is -7.09. The number of hydrogen-bond donors (Lipinski definition) is 9. The molecule has 74 heavy (non-hydrogen) atoms. The third kappa shape index (κ3) is 25.5. The molecule has 9 N–H and O–H groups in total. The highest BCUT2D eigenvalue weighted by atomic mass is 16.4. The number of carboxylic acid groups (broad SMARTS) is 5. The first kappa shape index (κ1) is 61.2. The van der Waals surface area contributed by atoms with Gasteiger partial charge in [-0.25, -0.2) is 9.59 Å². The minimum absolute atomic E-state index is 0.00653. The van der Waals surface area contributed by atoms with Gasteiger partial charge in [-0.1, -0.05) is 18.2 Å². The second-order valence-corrected chi connectivity index (χ2v) is 18.2. The lowest BCUT2D eigenvalue weighted by Gasteiger charge is -2.32. The van der Waals surface area contributed by atoms with Crippen molar-refractivity contribution in [3.05, 3.63) is 65.0 Å². The Morgan fingerprint density at radius 3 is 1.59 bits per heavy atom. The van der Waals surface area contributed by atoms with Crippen LogP contribution in [0.2, 0.25) is 0 Å². The Morgan fingerprint density at radius 2 is 1.11 bits per heavy atom. The fraction of sp³-hybridized carbons (Fsp3) is 0.571. The number of ketones is 1. The number of carbonyl (C=O) groups is 10. The van der Waals surface area contributed by atoms with E-state index in [4.69, 9.17) is 5.11 Å². The number of unbranched alkanes of at least 4 members (excludes halogenated alkanes) is 2. The molecule has 25 nitrogen and oxygen atoms in total. The maximum atomic E-state index is 13.9. The van der Waals surface area contributed by atoms with Gasteiger partial charge in [0.25, 0.3) is 5.91 Å². The summed E-state index contributed by atoms with van der Waals surface area (Å²) in [6, 6.07) is 7.08. The lowest BCUT2D eigenvalue weighted by atomic mass is 10.1. The molecule has 1 aromatic heterocycles. The van der Waals surface area contributed by atoms with Crippen LogP contribution in [0.3, 0.4) is 0 Å². The zero-order valence-corrected chi connectivity index (χ0v) is 42.2. The zero-order valence-electron chi connectivity index (χ0n) is 42.2. The van der Waals surface area contributed by atoms with Crippen LogP contribution in [0.5, 0.6) is 0 Å². The second-order valence-electron chi connectivity index (χ2n) is 18.2. The molecule has 1 aliphatic rings. The van der Waals surface area contributed by atoms with Gasteiger partial charge < -0.3 is 51.7 Å². The maximum Gasteiger partial charge on any atom is 0.326 e. The number of amides is 5. The van der Waals surface area contributed by atoms with E-state index < -0.39 is 53.7 Å². The van der Waals surface area contributed by atoms with Gasteiger partial charge in [-0.15, -0.1) is 0 Å². The number of urea groups is 1. The molecule has 1 aromatic carbocycles. The van der Waals surface area contributed by atoms with Gasteiger partial charge in [0, 0.05) is 109 Å². The fourth-order valence-corrected chi connectivity index (χ4v) is 7.90. The van der Waals surface area contributed by atoms with Crippen LogP contribution < -0.4 is 21.3 Å². The summed E-state index contributed by atoms with van der Waals surface area (Å²) >= 11 is 0. The van der Waals surface area contributed by atoms with Crippen molar-refractivity contribution in [3.63, 3.8) is 0 Å². The number of nitrogens with zero attached hydrogens (tertiary/aromatic N) is 6. The number of nitrogens with one attached hydrogen (secondary N) is 4. The van der Waals surface area contributed by atoms with Crippen LogP contribution in [0.1, 0.15) is 85.5 Å². The molecular weight excluding hydrogens is 969 g/mol. The minimum atomic E-state index is -1.32. The number of aromatic nitrogens is 1. The zero-order chi connectivity index (χ0) is 54.6. The Bertz CT molecular complexity index is 2170. The molecule has 1 saturated heterocycles. The first-order valence-electron chi connectivity index (χ1n) is 24.6. The molecule has 2 aromatic rings. The Labute approximate surface area is 429 Å². The lowest BCUT2D eigenvalue weighted by Crippen LogP contribution is -2.50. The molecule has 1 aliphatic heterocycles. The first-order valence-corrected chi connectivity index (χ1v) is 24.6. The normalized spacial score (nSPS) is 15.0. The summed E-state index contributed by atoms with van der Waals surface area (Å²) in [5.41, 5.74) is 2.68. The largest absolute Gasteiger partial charge is 0.481 e. The van der Waals surface area contributed by atoms with Crippen LogP contribution in [-0.2, 0) is 51.4 Å². The van der Waals surface area contributed by atoms with Crippen molar-refractivity contribution < 1.29 is 73.5 Å². The van der Waals surface area contributed by atoms with Gasteiger partial charge in [-0.3, -0.25) is 62.9 Å². The molecule has 1 fully saturated rings. The molecule has 0 bridgehead atoms. The molecule has 408 valence electrons. The van der Waals surface area contributed by atoms with E-state index >= 15 is 0 Å². The monoisotopic (exact) mass is 1040 g/mol. The number of rotatable bonds is 30. The number of benzene rings is 1. The molecule has 0 spiro atoms. The third-order valence-electron chi connectivity index (χ3n) is 12.1. The van der Waals surface area contributed by atoms with Crippen molar-refractivity contribution in [2.45, 2.75) is 90.4 Å². The van der Waals surface area contributed by atoms with Gasteiger partial charge in [0.05, 0.1) is 32.2 Å². The number of pyridine rings is 1. The summed E-state index contributed by atoms with van der Waals surface area (Å²) in [6.07, 6.45) is 2.99. The van der Waals surface area contributed by atoms with Gasteiger partial charge in [0.1, 0.15) is 6.04 Å². The van der Waals surface area contributed by atoms with E-state index in [-0.39, 0.29) is 128 Å². The van der Waals surface area contributed by atoms with Gasteiger partial charge >= 0.3 is 35.9 Å². The summed E-state index contributed by atoms with van der Waals surface area (Å²) in [5.74, 6) is -6.88. The quantitative estimate of drug-likeness (QED) is 0.0471. The van der Waals surface area contributed by atoms with Crippen LogP contribution in [0.25, 0.3) is 0 Å². The van der Waals surface area contributed by atoms with E-state index in [1.165, 1.54) is 6.92 Å². The summed E-state index contributed by atoms with van der Waals surface area (Å²) < 4.78 is 0. The van der Waals surface area contributed by atoms with Crippen LogP contribution in [0.4, 0.5) is 4.79 Å². The molecule has 25 heteroatoms. The number of carboxylic acids is 5. The van der Waals surface area contributed by atoms with Crippen molar-refractivity contribution in [2.75, 3.05) is 91.6 Å². The topological polar surface area (TPSA) is 349 Å². The third-order valence-corrected chi connectivity index (χ3v) is 12.1.